The number of carbonyl (C=O) groups is 1. The average molecular weight is 352 g/mol. The number of likely N-dealkylation sites (N-methyl/N-ethyl adjacent to an activating group) is 1. The van der Waals surface area contributed by atoms with Gasteiger partial charge in [-0.3, -0.25) is 4.79 Å². The maximum Gasteiger partial charge on any atom is 0.256 e. The molecule has 26 heavy (non-hydrogen) atoms. The number of anilines is 2. The highest BCUT2D eigenvalue weighted by molar-refractivity contribution is 6.00. The molecule has 0 aromatic heterocycles. The smallest absolute Gasteiger partial charge is 0.256 e. The summed E-state index contributed by atoms with van der Waals surface area (Å²) in [5.74, 6) is 0.0715. The minimum Gasteiger partial charge on any atom is -0.399 e. The van der Waals surface area contributed by atoms with Crippen LogP contribution in [0.5, 0.6) is 0 Å². The molecule has 1 aliphatic heterocycles. The second-order valence-electron chi connectivity index (χ2n) is 6.98. The number of nitrogen functional groups attached to an aromatic ring is 1. The molecule has 1 heterocycles. The zero-order valence-corrected chi connectivity index (χ0v) is 15.9. The lowest BCUT2D eigenvalue weighted by Gasteiger charge is -2.41. The third-order valence-corrected chi connectivity index (χ3v) is 5.17. The molecule has 3 rings (SSSR count). The van der Waals surface area contributed by atoms with Gasteiger partial charge in [0.2, 0.25) is 0 Å². The van der Waals surface area contributed by atoms with Gasteiger partial charge in [-0.1, -0.05) is 30.3 Å². The van der Waals surface area contributed by atoms with Gasteiger partial charge in [0.05, 0.1) is 17.3 Å². The number of amides is 1. The molecule has 1 amide bonds. The van der Waals surface area contributed by atoms with Crippen LogP contribution in [0.15, 0.2) is 48.5 Å². The summed E-state index contributed by atoms with van der Waals surface area (Å²) in [5, 5.41) is 0. The van der Waals surface area contributed by atoms with Crippen LogP contribution in [0.25, 0.3) is 0 Å². The van der Waals surface area contributed by atoms with E-state index in [0.717, 1.165) is 25.3 Å². The Bertz CT molecular complexity index is 762. The molecular formula is C21H28N4O. The van der Waals surface area contributed by atoms with Gasteiger partial charge in [-0.05, 0) is 37.7 Å². The predicted molar refractivity (Wildman–Crippen MR) is 108 cm³/mol. The molecule has 0 radical (unpaired) electrons. The van der Waals surface area contributed by atoms with Crippen LogP contribution < -0.4 is 10.6 Å². The Hall–Kier alpha value is -2.53. The van der Waals surface area contributed by atoms with Crippen LogP contribution in [0.1, 0.15) is 28.9 Å². The summed E-state index contributed by atoms with van der Waals surface area (Å²) in [6, 6.07) is 15.9. The molecule has 2 aromatic carbocycles. The van der Waals surface area contributed by atoms with Crippen LogP contribution in [0.2, 0.25) is 0 Å². The van der Waals surface area contributed by atoms with Gasteiger partial charge in [-0.25, -0.2) is 0 Å². The summed E-state index contributed by atoms with van der Waals surface area (Å²) in [7, 11) is 4.10. The molecule has 1 saturated heterocycles. The second kappa shape index (κ2) is 7.79. The molecule has 2 N–H and O–H groups in total. The van der Waals surface area contributed by atoms with E-state index >= 15 is 0 Å². The van der Waals surface area contributed by atoms with Crippen LogP contribution >= 0.6 is 0 Å². The van der Waals surface area contributed by atoms with Crippen molar-refractivity contribution in [1.29, 1.82) is 0 Å². The van der Waals surface area contributed by atoms with Gasteiger partial charge in [-0.2, -0.15) is 0 Å². The fourth-order valence-corrected chi connectivity index (χ4v) is 3.49. The van der Waals surface area contributed by atoms with Crippen molar-refractivity contribution in [3.63, 3.8) is 0 Å². The average Bonchev–Trinajstić information content (AvgIpc) is 2.67. The number of benzene rings is 2. The van der Waals surface area contributed by atoms with Gasteiger partial charge < -0.3 is 20.4 Å². The van der Waals surface area contributed by atoms with Crippen molar-refractivity contribution >= 4 is 17.3 Å². The Balaban J connectivity index is 1.97. The molecule has 0 saturated carbocycles. The number of rotatable bonds is 4. The number of carbonyl (C=O) groups excluding carboxylic acids is 1. The summed E-state index contributed by atoms with van der Waals surface area (Å²) < 4.78 is 0. The number of hydrogen-bond donors (Lipinski definition) is 1. The summed E-state index contributed by atoms with van der Waals surface area (Å²) in [6.07, 6.45) is 0. The molecule has 5 nitrogen and oxygen atoms in total. The van der Waals surface area contributed by atoms with Crippen LogP contribution in [-0.4, -0.2) is 56.0 Å². The maximum atomic E-state index is 13.5. The van der Waals surface area contributed by atoms with E-state index in [2.05, 4.69) is 35.9 Å². The summed E-state index contributed by atoms with van der Waals surface area (Å²) in [5.41, 5.74) is 9.44. The number of nitrogens with zero attached hydrogens (tertiary/aromatic N) is 3. The van der Waals surface area contributed by atoms with E-state index in [0.29, 0.717) is 17.8 Å². The zero-order chi connectivity index (χ0) is 18.7. The van der Waals surface area contributed by atoms with Gasteiger partial charge in [0, 0.05) is 38.9 Å². The molecule has 1 atom stereocenters. The molecule has 138 valence electrons. The third kappa shape index (κ3) is 3.68. The molecule has 5 heteroatoms. The highest BCUT2D eigenvalue weighted by Crippen LogP contribution is 2.30. The highest BCUT2D eigenvalue weighted by atomic mass is 16.2. The van der Waals surface area contributed by atoms with Crippen molar-refractivity contribution < 1.29 is 4.79 Å². The fraction of sp³-hybridized carbons (Fsp3) is 0.381. The highest BCUT2D eigenvalue weighted by Gasteiger charge is 2.32. The van der Waals surface area contributed by atoms with Crippen LogP contribution in [0, 0.1) is 0 Å². The first kappa shape index (κ1) is 18.3. The van der Waals surface area contributed by atoms with Gasteiger partial charge in [0.15, 0.2) is 0 Å². The lowest BCUT2D eigenvalue weighted by atomic mass is 10.0. The Morgan fingerprint density at radius 1 is 1.19 bits per heavy atom. The monoisotopic (exact) mass is 352 g/mol. The normalized spacial score (nSPS) is 18.0. The van der Waals surface area contributed by atoms with Gasteiger partial charge in [0.1, 0.15) is 0 Å². The van der Waals surface area contributed by atoms with Gasteiger partial charge in [-0.15, -0.1) is 0 Å². The third-order valence-electron chi connectivity index (χ3n) is 5.17. The minimum atomic E-state index is 0.0554. The zero-order valence-electron chi connectivity index (χ0n) is 15.9. The number of piperazine rings is 1. The molecule has 0 bridgehead atoms. The van der Waals surface area contributed by atoms with E-state index in [1.807, 2.05) is 48.3 Å². The van der Waals surface area contributed by atoms with E-state index < -0.39 is 0 Å². The molecule has 1 fully saturated rings. The van der Waals surface area contributed by atoms with E-state index in [-0.39, 0.29) is 11.9 Å². The molecule has 0 aliphatic carbocycles. The van der Waals surface area contributed by atoms with E-state index in [9.17, 15) is 4.79 Å². The van der Waals surface area contributed by atoms with Crippen molar-refractivity contribution in [3.05, 3.63) is 59.7 Å². The summed E-state index contributed by atoms with van der Waals surface area (Å²) in [4.78, 5) is 19.8. The van der Waals surface area contributed by atoms with Gasteiger partial charge in [0.25, 0.3) is 5.91 Å². The lowest BCUT2D eigenvalue weighted by Crippen LogP contribution is -2.49. The predicted octanol–water partition coefficient (Wildman–Crippen LogP) is 2.85. The molecule has 0 spiro atoms. The standard InChI is InChI=1S/C21H28N4O/c1-4-24(3)19-14-17(22)10-11-18(19)21(26)25-13-12-23(2)15-20(25)16-8-6-5-7-9-16/h5-11,14,20H,4,12-13,15,22H2,1-3H3. The number of hydrogen-bond acceptors (Lipinski definition) is 4. The maximum absolute atomic E-state index is 13.5. The molecular weight excluding hydrogens is 324 g/mol. The van der Waals surface area contributed by atoms with E-state index in [1.165, 1.54) is 5.56 Å². The number of nitrogens with two attached hydrogens (primary N) is 1. The van der Waals surface area contributed by atoms with E-state index in [1.54, 1.807) is 0 Å². The van der Waals surface area contributed by atoms with Crippen molar-refractivity contribution in [2.45, 2.75) is 13.0 Å². The minimum absolute atomic E-state index is 0.0554. The Morgan fingerprint density at radius 2 is 1.92 bits per heavy atom. The molecule has 2 aromatic rings. The topological polar surface area (TPSA) is 52.8 Å². The lowest BCUT2D eigenvalue weighted by molar-refractivity contribution is 0.0498. The van der Waals surface area contributed by atoms with Crippen molar-refractivity contribution in [2.24, 2.45) is 0 Å². The van der Waals surface area contributed by atoms with Crippen molar-refractivity contribution in [1.82, 2.24) is 9.80 Å². The van der Waals surface area contributed by atoms with Crippen molar-refractivity contribution in [2.75, 3.05) is 50.9 Å². The van der Waals surface area contributed by atoms with Crippen LogP contribution in [-0.2, 0) is 0 Å². The summed E-state index contributed by atoms with van der Waals surface area (Å²) >= 11 is 0. The van der Waals surface area contributed by atoms with Crippen molar-refractivity contribution in [3.8, 4) is 0 Å². The van der Waals surface area contributed by atoms with Gasteiger partial charge >= 0.3 is 0 Å². The Kier molecular flexibility index (Phi) is 5.47. The first-order valence-electron chi connectivity index (χ1n) is 9.16. The Labute approximate surface area is 156 Å². The SMILES string of the molecule is CCN(C)c1cc(N)ccc1C(=O)N1CCN(C)CC1c1ccccc1. The quantitative estimate of drug-likeness (QED) is 0.860. The second-order valence-corrected chi connectivity index (χ2v) is 6.98. The largest absolute Gasteiger partial charge is 0.399 e. The van der Waals surface area contributed by atoms with Crippen LogP contribution in [0.4, 0.5) is 11.4 Å². The Morgan fingerprint density at radius 3 is 2.62 bits per heavy atom. The summed E-state index contributed by atoms with van der Waals surface area (Å²) in [6.45, 7) is 5.32. The fourth-order valence-electron chi connectivity index (χ4n) is 3.49. The molecule has 1 aliphatic rings. The van der Waals surface area contributed by atoms with Crippen LogP contribution in [0.3, 0.4) is 0 Å². The molecule has 1 unspecified atom stereocenters. The van der Waals surface area contributed by atoms with E-state index in [4.69, 9.17) is 5.73 Å². The first-order valence-corrected chi connectivity index (χ1v) is 9.16. The first-order chi connectivity index (χ1) is 12.5.